The quantitative estimate of drug-likeness (QED) is 0.820. The Hall–Kier alpha value is -1.92. The Bertz CT molecular complexity index is 533. The lowest BCUT2D eigenvalue weighted by molar-refractivity contribution is -0.138. The van der Waals surface area contributed by atoms with Gasteiger partial charge in [0.2, 0.25) is 5.91 Å². The van der Waals surface area contributed by atoms with E-state index in [0.717, 1.165) is 6.42 Å². The van der Waals surface area contributed by atoms with E-state index in [0.29, 0.717) is 17.7 Å². The van der Waals surface area contributed by atoms with Gasteiger partial charge in [0.1, 0.15) is 12.2 Å². The van der Waals surface area contributed by atoms with Crippen molar-refractivity contribution in [3.05, 3.63) is 11.9 Å². The smallest absolute Gasteiger partial charge is 0.325 e. The molecule has 20 heavy (non-hydrogen) atoms. The van der Waals surface area contributed by atoms with Gasteiger partial charge in [0, 0.05) is 5.92 Å². The first-order valence-corrected chi connectivity index (χ1v) is 6.98. The number of aromatic nitrogens is 3. The monoisotopic (exact) mass is 278 g/mol. The van der Waals surface area contributed by atoms with Gasteiger partial charge in [-0.1, -0.05) is 18.1 Å². The third kappa shape index (κ3) is 2.52. The van der Waals surface area contributed by atoms with Crippen molar-refractivity contribution in [2.45, 2.75) is 45.2 Å². The predicted octanol–water partition coefficient (Wildman–Crippen LogP) is 0.559. The normalized spacial score (nSPS) is 22.9. The largest absolute Gasteiger partial charge is 0.480 e. The highest BCUT2D eigenvalue weighted by atomic mass is 16.4. The third-order valence-electron chi connectivity index (χ3n) is 4.43. The first-order chi connectivity index (χ1) is 9.59. The van der Waals surface area contributed by atoms with Crippen LogP contribution in [0.2, 0.25) is 0 Å². The number of carboxylic acids is 1. The maximum absolute atomic E-state index is 12.1. The van der Waals surface area contributed by atoms with Gasteiger partial charge < -0.3 is 10.4 Å². The lowest BCUT2D eigenvalue weighted by Crippen LogP contribution is -2.26. The second-order valence-electron chi connectivity index (χ2n) is 5.85. The molecule has 0 saturated heterocycles. The van der Waals surface area contributed by atoms with Crippen molar-refractivity contribution in [3.63, 3.8) is 0 Å². The van der Waals surface area contributed by atoms with Crippen LogP contribution in [0, 0.1) is 11.3 Å². The van der Waals surface area contributed by atoms with E-state index in [4.69, 9.17) is 5.11 Å². The summed E-state index contributed by atoms with van der Waals surface area (Å²) in [7, 11) is 0. The molecule has 2 N–H and O–H groups in total. The van der Waals surface area contributed by atoms with Gasteiger partial charge in [-0.15, -0.1) is 5.10 Å². The fourth-order valence-corrected chi connectivity index (χ4v) is 3.29. The molecule has 108 valence electrons. The minimum absolute atomic E-state index is 0.0969. The molecule has 7 heteroatoms. The number of hydrogen-bond acceptors (Lipinski definition) is 4. The molecule has 7 nitrogen and oxygen atoms in total. The van der Waals surface area contributed by atoms with Gasteiger partial charge >= 0.3 is 5.97 Å². The van der Waals surface area contributed by atoms with E-state index in [2.05, 4.69) is 15.6 Å². The van der Waals surface area contributed by atoms with Crippen molar-refractivity contribution >= 4 is 11.9 Å². The molecular weight excluding hydrogens is 260 g/mol. The molecule has 1 aromatic heterocycles. The SMILES string of the molecule is O=C(O)Cn1cc(CNC(=O)C2CC23CCCC3)nn1. The number of amides is 1. The second kappa shape index (κ2) is 4.88. The fourth-order valence-electron chi connectivity index (χ4n) is 3.29. The fraction of sp³-hybridized carbons (Fsp3) is 0.692. The summed E-state index contributed by atoms with van der Waals surface area (Å²) in [6.07, 6.45) is 7.41. The molecule has 0 aliphatic heterocycles. The molecule has 0 aromatic carbocycles. The van der Waals surface area contributed by atoms with Crippen molar-refractivity contribution in [1.82, 2.24) is 20.3 Å². The molecule has 2 saturated carbocycles. The van der Waals surface area contributed by atoms with Crippen LogP contribution in [0.5, 0.6) is 0 Å². The van der Waals surface area contributed by atoms with E-state index in [1.54, 1.807) is 6.20 Å². The summed E-state index contributed by atoms with van der Waals surface area (Å²) in [5.74, 6) is -0.703. The van der Waals surface area contributed by atoms with Gasteiger partial charge in [-0.25, -0.2) is 4.68 Å². The van der Waals surface area contributed by atoms with E-state index >= 15 is 0 Å². The first kappa shape index (κ1) is 13.1. The lowest BCUT2D eigenvalue weighted by atomic mass is 10.0. The summed E-state index contributed by atoms with van der Waals surface area (Å²) < 4.78 is 1.25. The Morgan fingerprint density at radius 2 is 2.20 bits per heavy atom. The van der Waals surface area contributed by atoms with Gasteiger partial charge in [0.15, 0.2) is 0 Å². The number of carboxylic acid groups (broad SMARTS) is 1. The number of nitrogens with one attached hydrogen (secondary N) is 1. The summed E-state index contributed by atoms with van der Waals surface area (Å²) in [4.78, 5) is 22.6. The number of carbonyl (C=O) groups excluding carboxylic acids is 1. The van der Waals surface area contributed by atoms with Gasteiger partial charge in [0.25, 0.3) is 0 Å². The topological polar surface area (TPSA) is 97.1 Å². The summed E-state index contributed by atoms with van der Waals surface area (Å²) in [6, 6.07) is 0. The summed E-state index contributed by atoms with van der Waals surface area (Å²) in [6.45, 7) is 0.0950. The highest BCUT2D eigenvalue weighted by Gasteiger charge is 2.58. The molecule has 1 atom stereocenters. The molecule has 1 amide bonds. The van der Waals surface area contributed by atoms with Crippen molar-refractivity contribution in [2.75, 3.05) is 0 Å². The lowest BCUT2D eigenvalue weighted by Gasteiger charge is -2.07. The van der Waals surface area contributed by atoms with E-state index < -0.39 is 5.97 Å². The van der Waals surface area contributed by atoms with Crippen LogP contribution >= 0.6 is 0 Å². The van der Waals surface area contributed by atoms with Crippen molar-refractivity contribution in [1.29, 1.82) is 0 Å². The number of carbonyl (C=O) groups is 2. The van der Waals surface area contributed by atoms with E-state index in [-0.39, 0.29) is 18.4 Å². The van der Waals surface area contributed by atoms with Crippen LogP contribution in [0.15, 0.2) is 6.20 Å². The van der Waals surface area contributed by atoms with Crippen LogP contribution in [0.1, 0.15) is 37.8 Å². The molecule has 2 aliphatic rings. The number of aliphatic carboxylic acids is 1. The van der Waals surface area contributed by atoms with Crippen LogP contribution in [-0.4, -0.2) is 32.0 Å². The molecule has 0 radical (unpaired) electrons. The van der Waals surface area contributed by atoms with Gasteiger partial charge in [-0.3, -0.25) is 9.59 Å². The first-order valence-electron chi connectivity index (χ1n) is 6.98. The zero-order chi connectivity index (χ0) is 14.2. The molecule has 1 unspecified atom stereocenters. The average molecular weight is 278 g/mol. The van der Waals surface area contributed by atoms with E-state index in [1.165, 1.54) is 30.4 Å². The molecule has 0 bridgehead atoms. The van der Waals surface area contributed by atoms with Crippen LogP contribution in [-0.2, 0) is 22.7 Å². The van der Waals surface area contributed by atoms with Crippen LogP contribution in [0.3, 0.4) is 0 Å². The maximum Gasteiger partial charge on any atom is 0.325 e. The summed E-state index contributed by atoms with van der Waals surface area (Å²) in [5.41, 5.74) is 0.881. The predicted molar refractivity (Wildman–Crippen MR) is 68.5 cm³/mol. The third-order valence-corrected chi connectivity index (χ3v) is 4.43. The highest BCUT2D eigenvalue weighted by Crippen LogP contribution is 2.62. The average Bonchev–Trinajstić information content (AvgIpc) is 2.75. The summed E-state index contributed by atoms with van der Waals surface area (Å²) in [5, 5.41) is 19.1. The van der Waals surface area contributed by atoms with Gasteiger partial charge in [-0.05, 0) is 24.7 Å². The van der Waals surface area contributed by atoms with Crippen LogP contribution in [0.4, 0.5) is 0 Å². The van der Waals surface area contributed by atoms with Crippen LogP contribution in [0.25, 0.3) is 0 Å². The van der Waals surface area contributed by atoms with Crippen molar-refractivity contribution in [2.24, 2.45) is 11.3 Å². The molecular formula is C13H18N4O3. The molecule has 2 aliphatic carbocycles. The van der Waals surface area contributed by atoms with Gasteiger partial charge in [-0.2, -0.15) is 0 Å². The zero-order valence-corrected chi connectivity index (χ0v) is 11.2. The van der Waals surface area contributed by atoms with Crippen molar-refractivity contribution in [3.8, 4) is 0 Å². The Morgan fingerprint density at radius 3 is 2.90 bits per heavy atom. The standard InChI is InChI=1S/C13H18N4O3/c18-11(19)8-17-7-9(15-16-17)6-14-12(20)10-5-13(10)3-1-2-4-13/h7,10H,1-6,8H2,(H,14,20)(H,18,19). The molecule has 1 heterocycles. The maximum atomic E-state index is 12.1. The molecule has 2 fully saturated rings. The summed E-state index contributed by atoms with van der Waals surface area (Å²) >= 11 is 0. The molecule has 1 aromatic rings. The Kier molecular flexibility index (Phi) is 3.19. The number of nitrogens with zero attached hydrogens (tertiary/aromatic N) is 3. The Labute approximate surface area is 116 Å². The zero-order valence-electron chi connectivity index (χ0n) is 11.2. The van der Waals surface area contributed by atoms with Crippen LogP contribution < -0.4 is 5.32 Å². The Morgan fingerprint density at radius 1 is 1.45 bits per heavy atom. The van der Waals surface area contributed by atoms with E-state index in [9.17, 15) is 9.59 Å². The Balaban J connectivity index is 1.48. The van der Waals surface area contributed by atoms with Crippen molar-refractivity contribution < 1.29 is 14.7 Å². The minimum atomic E-state index is -0.966. The second-order valence-corrected chi connectivity index (χ2v) is 5.85. The molecule has 1 spiro atoms. The highest BCUT2D eigenvalue weighted by molar-refractivity contribution is 5.82. The number of hydrogen-bond donors (Lipinski definition) is 2. The van der Waals surface area contributed by atoms with E-state index in [1.807, 2.05) is 0 Å². The minimum Gasteiger partial charge on any atom is -0.480 e. The molecule has 3 rings (SSSR count). The number of rotatable bonds is 5. The van der Waals surface area contributed by atoms with Gasteiger partial charge in [0.05, 0.1) is 12.7 Å².